The summed E-state index contributed by atoms with van der Waals surface area (Å²) < 4.78 is 0. The zero-order chi connectivity index (χ0) is 10.1. The first kappa shape index (κ1) is 9.01. The second-order valence-electron chi connectivity index (χ2n) is 3.98. The van der Waals surface area contributed by atoms with E-state index in [0.717, 1.165) is 30.5 Å². The van der Waals surface area contributed by atoms with E-state index in [1.54, 1.807) is 6.07 Å². The SMILES string of the molecule is C[C@@H]1CCc2[nH]c(=O)c(C#N)cc2C1. The van der Waals surface area contributed by atoms with Crippen LogP contribution in [0.2, 0.25) is 0 Å². The Morgan fingerprint density at radius 1 is 1.64 bits per heavy atom. The van der Waals surface area contributed by atoms with Gasteiger partial charge in [0.25, 0.3) is 5.56 Å². The molecule has 1 N–H and O–H groups in total. The van der Waals surface area contributed by atoms with E-state index in [1.165, 1.54) is 0 Å². The number of fused-ring (bicyclic) bond motifs is 1. The summed E-state index contributed by atoms with van der Waals surface area (Å²) in [5.41, 5.74) is 2.14. The highest BCUT2D eigenvalue weighted by molar-refractivity contribution is 5.34. The van der Waals surface area contributed by atoms with E-state index < -0.39 is 0 Å². The second kappa shape index (κ2) is 3.30. The van der Waals surface area contributed by atoms with Crippen molar-refractivity contribution in [2.75, 3.05) is 0 Å². The van der Waals surface area contributed by atoms with Crippen molar-refractivity contribution < 1.29 is 0 Å². The number of nitriles is 1. The zero-order valence-corrected chi connectivity index (χ0v) is 8.13. The van der Waals surface area contributed by atoms with Gasteiger partial charge in [0.15, 0.2) is 0 Å². The first-order valence-electron chi connectivity index (χ1n) is 4.86. The van der Waals surface area contributed by atoms with Crippen LogP contribution in [0.3, 0.4) is 0 Å². The molecule has 0 bridgehead atoms. The van der Waals surface area contributed by atoms with Gasteiger partial charge in [0.1, 0.15) is 11.6 Å². The third-order valence-electron chi connectivity index (χ3n) is 2.79. The Kier molecular flexibility index (Phi) is 2.12. The van der Waals surface area contributed by atoms with Crippen molar-refractivity contribution in [2.45, 2.75) is 26.2 Å². The third kappa shape index (κ3) is 1.44. The van der Waals surface area contributed by atoms with Crippen LogP contribution in [0.15, 0.2) is 10.9 Å². The Balaban J connectivity index is 2.53. The molecule has 72 valence electrons. The van der Waals surface area contributed by atoms with Gasteiger partial charge in [-0.2, -0.15) is 5.26 Å². The molecule has 0 radical (unpaired) electrons. The highest BCUT2D eigenvalue weighted by Crippen LogP contribution is 2.22. The largest absolute Gasteiger partial charge is 0.325 e. The molecule has 1 aromatic rings. The van der Waals surface area contributed by atoms with E-state index in [9.17, 15) is 4.79 Å². The maximum Gasteiger partial charge on any atom is 0.266 e. The molecule has 3 nitrogen and oxygen atoms in total. The van der Waals surface area contributed by atoms with Crippen molar-refractivity contribution in [2.24, 2.45) is 5.92 Å². The van der Waals surface area contributed by atoms with Crippen LogP contribution in [0.5, 0.6) is 0 Å². The van der Waals surface area contributed by atoms with Crippen molar-refractivity contribution in [3.8, 4) is 6.07 Å². The highest BCUT2D eigenvalue weighted by atomic mass is 16.1. The molecule has 0 aromatic carbocycles. The average Bonchev–Trinajstić information content (AvgIpc) is 2.17. The number of aryl methyl sites for hydroxylation is 1. The standard InChI is InChI=1S/C11H12N2O/c1-7-2-3-10-8(4-7)5-9(6-12)11(14)13-10/h5,7H,2-4H2,1H3,(H,13,14)/t7-/m1/s1. The minimum absolute atomic E-state index is 0.234. The minimum atomic E-state index is -0.249. The summed E-state index contributed by atoms with van der Waals surface area (Å²) in [4.78, 5) is 14.1. The van der Waals surface area contributed by atoms with Gasteiger partial charge in [0.2, 0.25) is 0 Å². The maximum absolute atomic E-state index is 11.3. The molecule has 0 aliphatic heterocycles. The predicted octanol–water partition coefficient (Wildman–Crippen LogP) is 1.37. The van der Waals surface area contributed by atoms with Crippen LogP contribution >= 0.6 is 0 Å². The number of hydrogen-bond acceptors (Lipinski definition) is 2. The molecule has 3 heteroatoms. The number of pyridine rings is 1. The van der Waals surface area contributed by atoms with Gasteiger partial charge in [-0.25, -0.2) is 0 Å². The number of hydrogen-bond donors (Lipinski definition) is 1. The Bertz CT molecular complexity index is 453. The number of H-pyrrole nitrogens is 1. The van der Waals surface area contributed by atoms with Crippen LogP contribution in [-0.4, -0.2) is 4.98 Å². The van der Waals surface area contributed by atoms with Crippen LogP contribution in [0.4, 0.5) is 0 Å². The molecule has 0 spiro atoms. The summed E-state index contributed by atoms with van der Waals surface area (Å²) in [5.74, 6) is 0.653. The van der Waals surface area contributed by atoms with Gasteiger partial charge >= 0.3 is 0 Å². The Morgan fingerprint density at radius 2 is 2.43 bits per heavy atom. The molecule has 0 saturated heterocycles. The van der Waals surface area contributed by atoms with Crippen LogP contribution in [0.25, 0.3) is 0 Å². The van der Waals surface area contributed by atoms with E-state index >= 15 is 0 Å². The fourth-order valence-electron chi connectivity index (χ4n) is 1.97. The summed E-state index contributed by atoms with van der Waals surface area (Å²) >= 11 is 0. The number of rotatable bonds is 0. The summed E-state index contributed by atoms with van der Waals surface area (Å²) in [6, 6.07) is 3.66. The van der Waals surface area contributed by atoms with Crippen molar-refractivity contribution >= 4 is 0 Å². The molecule has 1 atom stereocenters. The van der Waals surface area contributed by atoms with E-state index in [0.29, 0.717) is 5.92 Å². The van der Waals surface area contributed by atoms with Gasteiger partial charge in [-0.3, -0.25) is 4.79 Å². The third-order valence-corrected chi connectivity index (χ3v) is 2.79. The quantitative estimate of drug-likeness (QED) is 0.668. The maximum atomic E-state index is 11.3. The monoisotopic (exact) mass is 188 g/mol. The van der Waals surface area contributed by atoms with Gasteiger partial charge in [0, 0.05) is 5.69 Å². The summed E-state index contributed by atoms with van der Waals surface area (Å²) in [5, 5.41) is 8.72. The van der Waals surface area contributed by atoms with Gasteiger partial charge in [0.05, 0.1) is 0 Å². The van der Waals surface area contributed by atoms with Gasteiger partial charge in [-0.1, -0.05) is 6.92 Å². The minimum Gasteiger partial charge on any atom is -0.325 e. The number of aromatic nitrogens is 1. The first-order valence-corrected chi connectivity index (χ1v) is 4.86. The smallest absolute Gasteiger partial charge is 0.266 e. The van der Waals surface area contributed by atoms with E-state index in [2.05, 4.69) is 11.9 Å². The number of nitrogens with one attached hydrogen (secondary N) is 1. The van der Waals surface area contributed by atoms with E-state index in [1.807, 2.05) is 6.07 Å². The Labute approximate surface area is 82.4 Å². The molecular weight excluding hydrogens is 176 g/mol. The molecule has 0 fully saturated rings. The number of aromatic amines is 1. The predicted molar refractivity (Wildman–Crippen MR) is 53.0 cm³/mol. The lowest BCUT2D eigenvalue weighted by Gasteiger charge is -2.20. The van der Waals surface area contributed by atoms with Gasteiger partial charge in [-0.05, 0) is 36.8 Å². The van der Waals surface area contributed by atoms with Crippen molar-refractivity contribution in [1.29, 1.82) is 5.26 Å². The van der Waals surface area contributed by atoms with Crippen LogP contribution < -0.4 is 5.56 Å². The molecule has 1 aromatic heterocycles. The fraction of sp³-hybridized carbons (Fsp3) is 0.455. The lowest BCUT2D eigenvalue weighted by Crippen LogP contribution is -2.20. The molecule has 0 saturated carbocycles. The molecule has 1 aliphatic rings. The van der Waals surface area contributed by atoms with E-state index in [4.69, 9.17) is 5.26 Å². The van der Waals surface area contributed by atoms with Crippen molar-refractivity contribution in [3.05, 3.63) is 33.2 Å². The zero-order valence-electron chi connectivity index (χ0n) is 8.13. The Hall–Kier alpha value is -1.56. The molecule has 2 rings (SSSR count). The average molecular weight is 188 g/mol. The topological polar surface area (TPSA) is 56.6 Å². The van der Waals surface area contributed by atoms with Gasteiger partial charge in [-0.15, -0.1) is 0 Å². The molecule has 1 heterocycles. The van der Waals surface area contributed by atoms with Crippen molar-refractivity contribution in [1.82, 2.24) is 4.98 Å². The Morgan fingerprint density at radius 3 is 3.14 bits per heavy atom. The normalized spacial score (nSPS) is 19.9. The lowest BCUT2D eigenvalue weighted by molar-refractivity contribution is 0.493. The summed E-state index contributed by atoms with van der Waals surface area (Å²) in [7, 11) is 0. The molecule has 0 unspecified atom stereocenters. The van der Waals surface area contributed by atoms with Crippen LogP contribution in [0.1, 0.15) is 30.2 Å². The molecule has 1 aliphatic carbocycles. The lowest BCUT2D eigenvalue weighted by atomic mass is 9.87. The van der Waals surface area contributed by atoms with Gasteiger partial charge < -0.3 is 4.98 Å². The molecular formula is C11H12N2O. The fourth-order valence-corrected chi connectivity index (χ4v) is 1.97. The van der Waals surface area contributed by atoms with Crippen LogP contribution in [-0.2, 0) is 12.8 Å². The van der Waals surface area contributed by atoms with Crippen LogP contribution in [0, 0.1) is 17.2 Å². The highest BCUT2D eigenvalue weighted by Gasteiger charge is 2.17. The summed E-state index contributed by atoms with van der Waals surface area (Å²) in [6.45, 7) is 2.19. The second-order valence-corrected chi connectivity index (χ2v) is 3.98. The first-order chi connectivity index (χ1) is 6.70. The molecule has 0 amide bonds. The summed E-state index contributed by atoms with van der Waals surface area (Å²) in [6.07, 6.45) is 3.02. The number of nitrogens with zero attached hydrogens (tertiary/aromatic N) is 1. The van der Waals surface area contributed by atoms with E-state index in [-0.39, 0.29) is 11.1 Å². The molecule has 14 heavy (non-hydrogen) atoms. The van der Waals surface area contributed by atoms with Crippen molar-refractivity contribution in [3.63, 3.8) is 0 Å².